The summed E-state index contributed by atoms with van der Waals surface area (Å²) >= 11 is 5.81. The van der Waals surface area contributed by atoms with E-state index in [1.54, 1.807) is 25.1 Å². The van der Waals surface area contributed by atoms with E-state index in [1.165, 1.54) is 0 Å². The van der Waals surface area contributed by atoms with E-state index < -0.39 is 11.9 Å². The van der Waals surface area contributed by atoms with Crippen molar-refractivity contribution in [2.45, 2.75) is 33.1 Å². The van der Waals surface area contributed by atoms with Crippen LogP contribution in [0.5, 0.6) is 5.75 Å². The summed E-state index contributed by atoms with van der Waals surface area (Å²) in [6.45, 7) is 4.21. The van der Waals surface area contributed by atoms with E-state index in [2.05, 4.69) is 6.92 Å². The summed E-state index contributed by atoms with van der Waals surface area (Å²) in [6, 6.07) is 4.92. The molecule has 1 aromatic carbocycles. The Balaban J connectivity index is 2.42. The molecule has 114 valence electrons. The van der Waals surface area contributed by atoms with Gasteiger partial charge in [-0.1, -0.05) is 31.4 Å². The van der Waals surface area contributed by atoms with Crippen molar-refractivity contribution in [2.75, 3.05) is 6.61 Å². The standard InChI is InChI=1S/C16H19ClO4/c1-3-4-5-10-20-15(18)8-9-16(19)21-14-7-6-13(17)11-12(14)2/h6-9,11H,3-5,10H2,1-2H3/b9-8+. The van der Waals surface area contributed by atoms with Gasteiger partial charge in [-0.3, -0.25) is 0 Å². The maximum atomic E-state index is 11.6. The van der Waals surface area contributed by atoms with Crippen molar-refractivity contribution >= 4 is 23.5 Å². The molecular weight excluding hydrogens is 292 g/mol. The van der Waals surface area contributed by atoms with Gasteiger partial charge in [0.25, 0.3) is 0 Å². The zero-order chi connectivity index (χ0) is 15.7. The second-order valence-corrected chi connectivity index (χ2v) is 4.98. The molecule has 0 fully saturated rings. The molecule has 0 aliphatic rings. The van der Waals surface area contributed by atoms with Crippen LogP contribution in [0.4, 0.5) is 0 Å². The Morgan fingerprint density at radius 2 is 1.90 bits per heavy atom. The molecule has 0 aromatic heterocycles. The number of benzene rings is 1. The van der Waals surface area contributed by atoms with E-state index in [0.29, 0.717) is 17.4 Å². The Labute approximate surface area is 129 Å². The molecule has 0 unspecified atom stereocenters. The van der Waals surface area contributed by atoms with Gasteiger partial charge in [-0.05, 0) is 37.1 Å². The molecule has 0 radical (unpaired) electrons. The van der Waals surface area contributed by atoms with Gasteiger partial charge in [0.1, 0.15) is 5.75 Å². The Hall–Kier alpha value is -1.81. The highest BCUT2D eigenvalue weighted by Gasteiger charge is 2.06. The van der Waals surface area contributed by atoms with E-state index in [4.69, 9.17) is 21.1 Å². The monoisotopic (exact) mass is 310 g/mol. The highest BCUT2D eigenvalue weighted by Crippen LogP contribution is 2.21. The molecule has 0 spiro atoms. The maximum Gasteiger partial charge on any atom is 0.336 e. The number of ether oxygens (including phenoxy) is 2. The fourth-order valence-corrected chi connectivity index (χ4v) is 1.81. The fraction of sp³-hybridized carbons (Fsp3) is 0.375. The quantitative estimate of drug-likeness (QED) is 0.332. The number of carbonyl (C=O) groups is 2. The van der Waals surface area contributed by atoms with Crippen LogP contribution in [0, 0.1) is 6.92 Å². The van der Waals surface area contributed by atoms with Crippen molar-refractivity contribution in [1.29, 1.82) is 0 Å². The van der Waals surface area contributed by atoms with Crippen LogP contribution in [0.1, 0.15) is 31.7 Å². The number of rotatable bonds is 7. The summed E-state index contributed by atoms with van der Waals surface area (Å²) < 4.78 is 10.0. The lowest BCUT2D eigenvalue weighted by Gasteiger charge is -2.05. The second-order valence-electron chi connectivity index (χ2n) is 4.54. The zero-order valence-corrected chi connectivity index (χ0v) is 13.0. The number of halogens is 1. The van der Waals surface area contributed by atoms with Gasteiger partial charge in [0.15, 0.2) is 0 Å². The smallest absolute Gasteiger partial charge is 0.336 e. The first-order valence-electron chi connectivity index (χ1n) is 6.85. The van der Waals surface area contributed by atoms with Crippen molar-refractivity contribution in [3.63, 3.8) is 0 Å². The topological polar surface area (TPSA) is 52.6 Å². The molecule has 0 atom stereocenters. The van der Waals surface area contributed by atoms with Gasteiger partial charge in [-0.2, -0.15) is 0 Å². The first-order valence-corrected chi connectivity index (χ1v) is 7.23. The van der Waals surface area contributed by atoms with Crippen LogP contribution in [0.15, 0.2) is 30.4 Å². The summed E-state index contributed by atoms with van der Waals surface area (Å²) in [5, 5.41) is 0.568. The van der Waals surface area contributed by atoms with Gasteiger partial charge >= 0.3 is 11.9 Å². The summed E-state index contributed by atoms with van der Waals surface area (Å²) in [4.78, 5) is 22.9. The van der Waals surface area contributed by atoms with Crippen molar-refractivity contribution in [3.8, 4) is 5.75 Å². The molecule has 5 heteroatoms. The van der Waals surface area contributed by atoms with E-state index in [-0.39, 0.29) is 0 Å². The minimum absolute atomic E-state index is 0.363. The van der Waals surface area contributed by atoms with Crippen molar-refractivity contribution in [1.82, 2.24) is 0 Å². The van der Waals surface area contributed by atoms with Crippen LogP contribution in [-0.4, -0.2) is 18.5 Å². The fourth-order valence-electron chi connectivity index (χ4n) is 1.58. The maximum absolute atomic E-state index is 11.6. The third kappa shape index (κ3) is 6.95. The Kier molecular flexibility index (Phi) is 7.54. The van der Waals surface area contributed by atoms with E-state index in [1.807, 2.05) is 0 Å². The van der Waals surface area contributed by atoms with Crippen LogP contribution in [0.3, 0.4) is 0 Å². The third-order valence-electron chi connectivity index (χ3n) is 2.70. The molecule has 0 saturated heterocycles. The second kappa shape index (κ2) is 9.19. The summed E-state index contributed by atoms with van der Waals surface area (Å²) in [7, 11) is 0. The number of hydrogen-bond donors (Lipinski definition) is 0. The van der Waals surface area contributed by atoms with Gasteiger partial charge in [0.2, 0.25) is 0 Å². The Morgan fingerprint density at radius 1 is 1.19 bits per heavy atom. The first-order chi connectivity index (χ1) is 10.0. The van der Waals surface area contributed by atoms with Gasteiger partial charge in [0, 0.05) is 17.2 Å². The van der Waals surface area contributed by atoms with Crippen molar-refractivity contribution in [3.05, 3.63) is 40.9 Å². The summed E-state index contributed by atoms with van der Waals surface area (Å²) in [5.41, 5.74) is 0.742. The van der Waals surface area contributed by atoms with Gasteiger partial charge in [0.05, 0.1) is 6.61 Å². The van der Waals surface area contributed by atoms with Crippen molar-refractivity contribution < 1.29 is 19.1 Å². The molecule has 0 N–H and O–H groups in total. The predicted octanol–water partition coefficient (Wildman–Crippen LogP) is 3.84. The summed E-state index contributed by atoms with van der Waals surface area (Å²) in [5.74, 6) is -0.771. The Morgan fingerprint density at radius 3 is 2.57 bits per heavy atom. The van der Waals surface area contributed by atoms with E-state index in [9.17, 15) is 9.59 Å². The minimum atomic E-state index is -0.633. The Bertz CT molecular complexity index is 523. The number of carbonyl (C=O) groups excluding carboxylic acids is 2. The largest absolute Gasteiger partial charge is 0.463 e. The summed E-state index contributed by atoms with van der Waals surface area (Å²) in [6.07, 6.45) is 5.01. The molecule has 1 rings (SSSR count). The molecule has 0 aliphatic carbocycles. The van der Waals surface area contributed by atoms with E-state index in [0.717, 1.165) is 37.0 Å². The number of esters is 2. The predicted molar refractivity (Wildman–Crippen MR) is 81.4 cm³/mol. The highest BCUT2D eigenvalue weighted by molar-refractivity contribution is 6.30. The average molecular weight is 311 g/mol. The third-order valence-corrected chi connectivity index (χ3v) is 2.93. The minimum Gasteiger partial charge on any atom is -0.463 e. The molecule has 0 bridgehead atoms. The molecule has 0 aliphatic heterocycles. The van der Waals surface area contributed by atoms with Crippen LogP contribution >= 0.6 is 11.6 Å². The molecule has 21 heavy (non-hydrogen) atoms. The molecule has 0 heterocycles. The van der Waals surface area contributed by atoms with Crippen LogP contribution < -0.4 is 4.74 Å². The zero-order valence-electron chi connectivity index (χ0n) is 12.2. The lowest BCUT2D eigenvalue weighted by molar-refractivity contribution is -0.138. The molecule has 1 aromatic rings. The normalized spacial score (nSPS) is 10.6. The van der Waals surface area contributed by atoms with E-state index >= 15 is 0 Å². The lowest BCUT2D eigenvalue weighted by Crippen LogP contribution is -2.07. The van der Waals surface area contributed by atoms with Crippen molar-refractivity contribution in [2.24, 2.45) is 0 Å². The van der Waals surface area contributed by atoms with Gasteiger partial charge in [-0.25, -0.2) is 9.59 Å². The average Bonchev–Trinajstić information content (AvgIpc) is 2.44. The van der Waals surface area contributed by atoms with Gasteiger partial charge in [-0.15, -0.1) is 0 Å². The van der Waals surface area contributed by atoms with Crippen LogP contribution in [0.2, 0.25) is 5.02 Å². The number of unbranched alkanes of at least 4 members (excludes halogenated alkanes) is 2. The molecule has 4 nitrogen and oxygen atoms in total. The lowest BCUT2D eigenvalue weighted by atomic mass is 10.2. The van der Waals surface area contributed by atoms with Crippen LogP contribution in [0.25, 0.3) is 0 Å². The number of aryl methyl sites for hydroxylation is 1. The SMILES string of the molecule is CCCCCOC(=O)/C=C/C(=O)Oc1ccc(Cl)cc1C. The number of hydrogen-bond acceptors (Lipinski definition) is 4. The molecular formula is C16H19ClO4. The van der Waals surface area contributed by atoms with Gasteiger partial charge < -0.3 is 9.47 Å². The highest BCUT2D eigenvalue weighted by atomic mass is 35.5. The first kappa shape index (κ1) is 17.2. The molecule has 0 saturated carbocycles. The molecule has 0 amide bonds. The van der Waals surface area contributed by atoms with Crippen LogP contribution in [-0.2, 0) is 14.3 Å².